The van der Waals surface area contributed by atoms with Gasteiger partial charge in [0, 0.05) is 23.1 Å². The summed E-state index contributed by atoms with van der Waals surface area (Å²) in [4.78, 5) is 25.4. The van der Waals surface area contributed by atoms with E-state index in [-0.39, 0.29) is 5.92 Å². The Morgan fingerprint density at radius 1 is 1.16 bits per heavy atom. The van der Waals surface area contributed by atoms with Gasteiger partial charge in [0.25, 0.3) is 5.91 Å². The normalized spacial score (nSPS) is 15.4. The lowest BCUT2D eigenvalue weighted by atomic mass is 9.90. The first-order valence-corrected chi connectivity index (χ1v) is 10.6. The molecule has 1 aromatic heterocycles. The Morgan fingerprint density at radius 2 is 1.81 bits per heavy atom. The molecule has 32 heavy (non-hydrogen) atoms. The lowest BCUT2D eigenvalue weighted by Gasteiger charge is -2.28. The summed E-state index contributed by atoms with van der Waals surface area (Å²) in [7, 11) is 0. The van der Waals surface area contributed by atoms with Crippen LogP contribution < -0.4 is 14.8 Å². The first-order valence-electron chi connectivity index (χ1n) is 10.6. The van der Waals surface area contributed by atoms with Crippen LogP contribution in [0.3, 0.4) is 0 Å². The van der Waals surface area contributed by atoms with Crippen molar-refractivity contribution >= 4 is 11.9 Å². The lowest BCUT2D eigenvalue weighted by molar-refractivity contribution is -0.130. The molecular formula is C24H29N3O5. The fraction of sp³-hybridized carbons (Fsp3) is 0.458. The fourth-order valence-electron chi connectivity index (χ4n) is 3.47. The van der Waals surface area contributed by atoms with E-state index in [2.05, 4.69) is 11.4 Å². The molecule has 0 spiro atoms. The summed E-state index contributed by atoms with van der Waals surface area (Å²) in [6.45, 7) is 11.5. The van der Waals surface area contributed by atoms with Crippen molar-refractivity contribution in [2.75, 3.05) is 13.2 Å². The molecule has 8 heteroatoms. The summed E-state index contributed by atoms with van der Waals surface area (Å²) in [5.74, 6) is 0.114. The number of aromatic nitrogens is 1. The molecule has 0 saturated heterocycles. The van der Waals surface area contributed by atoms with Gasteiger partial charge in [-0.05, 0) is 51.8 Å². The zero-order valence-electron chi connectivity index (χ0n) is 19.3. The first kappa shape index (κ1) is 23.2. The molecule has 1 aliphatic heterocycles. The van der Waals surface area contributed by atoms with Crippen molar-refractivity contribution < 1.29 is 23.8 Å². The van der Waals surface area contributed by atoms with Gasteiger partial charge in [0.1, 0.15) is 18.8 Å². The molecule has 0 radical (unpaired) electrons. The number of carbonyl (C=O) groups excluding carboxylic acids is 2. The predicted molar refractivity (Wildman–Crippen MR) is 118 cm³/mol. The maximum Gasteiger partial charge on any atom is 0.340 e. The van der Waals surface area contributed by atoms with Gasteiger partial charge in [-0.15, -0.1) is 0 Å². The molecule has 2 heterocycles. The summed E-state index contributed by atoms with van der Waals surface area (Å²) in [6, 6.07) is 9.45. The second-order valence-corrected chi connectivity index (χ2v) is 8.45. The number of nitrogens with one attached hydrogen (secondary N) is 1. The molecule has 1 aromatic carbocycles. The van der Waals surface area contributed by atoms with Gasteiger partial charge >= 0.3 is 5.97 Å². The maximum atomic E-state index is 12.9. The van der Waals surface area contributed by atoms with Crippen LogP contribution in [-0.4, -0.2) is 41.3 Å². The summed E-state index contributed by atoms with van der Waals surface area (Å²) in [5.41, 5.74) is 1.66. The maximum absolute atomic E-state index is 12.9. The third-order valence-corrected chi connectivity index (χ3v) is 5.86. The molecule has 1 N–H and O–H groups in total. The van der Waals surface area contributed by atoms with Crippen LogP contribution in [0.5, 0.6) is 11.5 Å². The molecule has 0 unspecified atom stereocenters. The monoisotopic (exact) mass is 439 g/mol. The van der Waals surface area contributed by atoms with E-state index in [0.29, 0.717) is 36.0 Å². The molecule has 0 fully saturated rings. The van der Waals surface area contributed by atoms with E-state index in [9.17, 15) is 14.9 Å². The molecule has 170 valence electrons. The summed E-state index contributed by atoms with van der Waals surface area (Å²) >= 11 is 0. The fourth-order valence-corrected chi connectivity index (χ4v) is 3.47. The van der Waals surface area contributed by atoms with Crippen molar-refractivity contribution in [2.45, 2.75) is 53.2 Å². The van der Waals surface area contributed by atoms with Crippen LogP contribution in [-0.2, 0) is 9.53 Å². The highest BCUT2D eigenvalue weighted by molar-refractivity contribution is 5.94. The van der Waals surface area contributed by atoms with Gasteiger partial charge < -0.3 is 24.1 Å². The van der Waals surface area contributed by atoms with Crippen molar-refractivity contribution in [3.05, 3.63) is 41.2 Å². The Balaban J connectivity index is 1.79. The van der Waals surface area contributed by atoms with Crippen LogP contribution >= 0.6 is 0 Å². The van der Waals surface area contributed by atoms with Crippen molar-refractivity contribution in [3.8, 4) is 23.3 Å². The number of aryl methyl sites for hydroxylation is 1. The zero-order valence-corrected chi connectivity index (χ0v) is 19.3. The van der Waals surface area contributed by atoms with Crippen molar-refractivity contribution in [1.82, 2.24) is 9.88 Å². The third-order valence-electron chi connectivity index (χ3n) is 5.86. The van der Waals surface area contributed by atoms with Gasteiger partial charge in [-0.2, -0.15) is 5.26 Å². The van der Waals surface area contributed by atoms with Crippen LogP contribution in [0.4, 0.5) is 0 Å². The summed E-state index contributed by atoms with van der Waals surface area (Å²) in [6.07, 6.45) is -1.05. The van der Waals surface area contributed by atoms with Crippen LogP contribution in [0.15, 0.2) is 24.3 Å². The Hall–Kier alpha value is -3.47. The van der Waals surface area contributed by atoms with Gasteiger partial charge in [-0.3, -0.25) is 4.79 Å². The molecule has 1 amide bonds. The molecule has 3 rings (SSSR count). The van der Waals surface area contributed by atoms with Gasteiger partial charge in [-0.1, -0.05) is 13.8 Å². The van der Waals surface area contributed by atoms with Crippen molar-refractivity contribution in [2.24, 2.45) is 5.92 Å². The van der Waals surface area contributed by atoms with E-state index < -0.39 is 23.5 Å². The third kappa shape index (κ3) is 4.42. The topological polar surface area (TPSA) is 103 Å². The standard InChI is InChI=1S/C24H29N3O5/c1-14(2)24(6,13-25)26-22(28)17(5)32-23(29)19-11-15(3)27(16(19)4)18-7-8-20-21(12-18)31-10-9-30-20/h7-8,11-12,14,17H,9-10H2,1-6H3,(H,26,28)/t17-,24+/m1/s1. The highest BCUT2D eigenvalue weighted by Crippen LogP contribution is 2.33. The molecule has 0 aliphatic carbocycles. The number of nitriles is 1. The average molecular weight is 440 g/mol. The minimum absolute atomic E-state index is 0.107. The number of hydrogen-bond donors (Lipinski definition) is 1. The van der Waals surface area contributed by atoms with Gasteiger partial charge in [0.05, 0.1) is 11.6 Å². The van der Waals surface area contributed by atoms with Crippen molar-refractivity contribution in [3.63, 3.8) is 0 Å². The summed E-state index contributed by atoms with van der Waals surface area (Å²) < 4.78 is 18.6. The average Bonchev–Trinajstić information content (AvgIpc) is 3.06. The second kappa shape index (κ2) is 8.95. The van der Waals surface area contributed by atoms with E-state index in [1.807, 2.05) is 50.5 Å². The molecular weight excluding hydrogens is 410 g/mol. The van der Waals surface area contributed by atoms with Gasteiger partial charge in [0.15, 0.2) is 17.6 Å². The minimum atomic E-state index is -1.05. The van der Waals surface area contributed by atoms with Crippen LogP contribution in [0.1, 0.15) is 49.4 Å². The number of nitrogens with zero attached hydrogens (tertiary/aromatic N) is 2. The SMILES string of the molecule is Cc1cc(C(=O)O[C@H](C)C(=O)N[C@@](C)(C#N)C(C)C)c(C)n1-c1ccc2c(c1)OCCO2. The Morgan fingerprint density at radius 3 is 2.44 bits per heavy atom. The van der Waals surface area contributed by atoms with E-state index in [1.54, 1.807) is 13.0 Å². The van der Waals surface area contributed by atoms with Gasteiger partial charge in [0.2, 0.25) is 0 Å². The first-order chi connectivity index (χ1) is 15.1. The molecule has 1 aliphatic rings. The Kier molecular flexibility index (Phi) is 6.49. The van der Waals surface area contributed by atoms with E-state index in [0.717, 1.165) is 11.4 Å². The largest absolute Gasteiger partial charge is 0.486 e. The number of ether oxygens (including phenoxy) is 3. The minimum Gasteiger partial charge on any atom is -0.486 e. The second-order valence-electron chi connectivity index (χ2n) is 8.45. The van der Waals surface area contributed by atoms with E-state index in [4.69, 9.17) is 14.2 Å². The predicted octanol–water partition coefficient (Wildman–Crippen LogP) is 3.47. The molecule has 2 atom stereocenters. The number of hydrogen-bond acceptors (Lipinski definition) is 6. The highest BCUT2D eigenvalue weighted by Gasteiger charge is 2.33. The van der Waals surface area contributed by atoms with E-state index in [1.165, 1.54) is 6.92 Å². The number of benzene rings is 1. The quantitative estimate of drug-likeness (QED) is 0.692. The highest BCUT2D eigenvalue weighted by atomic mass is 16.6. The van der Waals surface area contributed by atoms with E-state index >= 15 is 0 Å². The zero-order chi connectivity index (χ0) is 23.6. The Bertz CT molecular complexity index is 1080. The van der Waals surface area contributed by atoms with Crippen molar-refractivity contribution in [1.29, 1.82) is 5.26 Å². The van der Waals surface area contributed by atoms with Crippen LogP contribution in [0.25, 0.3) is 5.69 Å². The number of carbonyl (C=O) groups is 2. The van der Waals surface area contributed by atoms with Crippen LogP contribution in [0.2, 0.25) is 0 Å². The molecule has 8 nitrogen and oxygen atoms in total. The smallest absolute Gasteiger partial charge is 0.340 e. The number of esters is 1. The van der Waals surface area contributed by atoms with Crippen LogP contribution in [0, 0.1) is 31.1 Å². The number of fused-ring (bicyclic) bond motifs is 1. The number of rotatable bonds is 6. The molecule has 0 bridgehead atoms. The lowest BCUT2D eigenvalue weighted by Crippen LogP contribution is -2.52. The number of amides is 1. The molecule has 2 aromatic rings. The molecule has 0 saturated carbocycles. The van der Waals surface area contributed by atoms with Gasteiger partial charge in [-0.25, -0.2) is 4.79 Å². The Labute approximate surface area is 188 Å². The summed E-state index contributed by atoms with van der Waals surface area (Å²) in [5, 5.41) is 12.1.